The van der Waals surface area contributed by atoms with Crippen molar-refractivity contribution in [2.75, 3.05) is 0 Å². The van der Waals surface area contributed by atoms with Crippen molar-refractivity contribution in [2.24, 2.45) is 0 Å². The van der Waals surface area contributed by atoms with Crippen molar-refractivity contribution in [2.45, 2.75) is 5.41 Å². The van der Waals surface area contributed by atoms with E-state index >= 15 is 0 Å². The maximum Gasteiger partial charge on any atom is 0.143 e. The summed E-state index contributed by atoms with van der Waals surface area (Å²) in [7, 11) is 0. The average Bonchev–Trinajstić information content (AvgIpc) is 3.88. The molecule has 2 nitrogen and oxygen atoms in total. The fourth-order valence-electron chi connectivity index (χ4n) is 10.3. The van der Waals surface area contributed by atoms with Crippen molar-refractivity contribution in [3.05, 3.63) is 204 Å². The Bertz CT molecular complexity index is 3240. The first-order chi connectivity index (χ1) is 27.3. The summed E-state index contributed by atoms with van der Waals surface area (Å²) in [6.45, 7) is 0. The molecule has 1 aliphatic heterocycles. The Labute approximate surface area is 317 Å². The fourth-order valence-corrected chi connectivity index (χ4v) is 10.3. The number of para-hydroxylation sites is 2. The van der Waals surface area contributed by atoms with Crippen LogP contribution in [0.4, 0.5) is 0 Å². The highest BCUT2D eigenvalue weighted by Gasteiger charge is 2.51. The number of rotatable bonds is 2. The van der Waals surface area contributed by atoms with Gasteiger partial charge in [-0.25, -0.2) is 0 Å². The second kappa shape index (κ2) is 10.5. The molecular weight excluding hydrogens is 669 g/mol. The van der Waals surface area contributed by atoms with Crippen molar-refractivity contribution < 1.29 is 9.15 Å². The molecule has 0 fully saturated rings. The number of hydrogen-bond donors (Lipinski definition) is 0. The summed E-state index contributed by atoms with van der Waals surface area (Å²) in [5.74, 6) is 1.75. The number of benzene rings is 9. The van der Waals surface area contributed by atoms with Gasteiger partial charge >= 0.3 is 0 Å². The van der Waals surface area contributed by atoms with Gasteiger partial charge in [-0.3, -0.25) is 0 Å². The third-order valence-corrected chi connectivity index (χ3v) is 12.5. The van der Waals surface area contributed by atoms with Gasteiger partial charge in [-0.15, -0.1) is 0 Å². The summed E-state index contributed by atoms with van der Waals surface area (Å²) in [6, 6.07) is 66.5. The van der Waals surface area contributed by atoms with Crippen LogP contribution in [0.15, 0.2) is 186 Å². The van der Waals surface area contributed by atoms with E-state index in [0.29, 0.717) is 0 Å². The van der Waals surface area contributed by atoms with Crippen LogP contribution in [0.3, 0.4) is 0 Å². The number of hydrogen-bond acceptors (Lipinski definition) is 2. The van der Waals surface area contributed by atoms with Crippen LogP contribution < -0.4 is 4.74 Å². The monoisotopic (exact) mass is 698 g/mol. The highest BCUT2D eigenvalue weighted by molar-refractivity contribution is 6.12. The van der Waals surface area contributed by atoms with Crippen LogP contribution in [0.5, 0.6) is 11.5 Å². The highest BCUT2D eigenvalue weighted by atomic mass is 16.5. The van der Waals surface area contributed by atoms with Crippen molar-refractivity contribution in [1.29, 1.82) is 0 Å². The predicted octanol–water partition coefficient (Wildman–Crippen LogP) is 14.2. The lowest BCUT2D eigenvalue weighted by molar-refractivity contribution is 0.487. The maximum atomic E-state index is 6.71. The summed E-state index contributed by atoms with van der Waals surface area (Å²) in [5, 5.41) is 4.58. The van der Waals surface area contributed by atoms with Crippen LogP contribution in [-0.4, -0.2) is 0 Å². The van der Waals surface area contributed by atoms with Crippen LogP contribution in [0.2, 0.25) is 0 Å². The lowest BCUT2D eigenvalue weighted by atomic mass is 9.70. The van der Waals surface area contributed by atoms with E-state index < -0.39 is 0 Å². The molecule has 0 radical (unpaired) electrons. The first-order valence-corrected chi connectivity index (χ1v) is 19.0. The van der Waals surface area contributed by atoms with Crippen LogP contribution in [-0.2, 0) is 5.41 Å². The SMILES string of the molecule is c1ccc2c(c1)-c1ccccc1C21c2ccccc2-c2ccc(-c3ccc4c5c(cccc35)-c3cc(-c5cccc6c5oc5ccccc56)ccc3O4)cc21. The number of fused-ring (bicyclic) bond motifs is 15. The first-order valence-electron chi connectivity index (χ1n) is 19.0. The smallest absolute Gasteiger partial charge is 0.143 e. The topological polar surface area (TPSA) is 22.4 Å². The molecule has 254 valence electrons. The molecule has 0 saturated carbocycles. The van der Waals surface area contributed by atoms with Gasteiger partial charge in [-0.05, 0) is 102 Å². The molecule has 0 saturated heterocycles. The summed E-state index contributed by atoms with van der Waals surface area (Å²) in [6.07, 6.45) is 0. The largest absolute Gasteiger partial charge is 0.456 e. The molecule has 2 heterocycles. The Morgan fingerprint density at radius 3 is 1.64 bits per heavy atom. The third-order valence-electron chi connectivity index (χ3n) is 12.5. The molecule has 9 aromatic carbocycles. The lowest BCUT2D eigenvalue weighted by Crippen LogP contribution is -2.25. The summed E-state index contributed by atoms with van der Waals surface area (Å²) in [5.41, 5.74) is 18.9. The Kier molecular flexibility index (Phi) is 5.59. The van der Waals surface area contributed by atoms with Crippen molar-refractivity contribution in [3.8, 4) is 67.1 Å². The molecule has 2 heteroatoms. The second-order valence-corrected chi connectivity index (χ2v) is 15.1. The normalized spacial score (nSPS) is 13.7. The van der Waals surface area contributed by atoms with Gasteiger partial charge in [0, 0.05) is 27.3 Å². The molecule has 0 amide bonds. The Morgan fingerprint density at radius 2 is 0.873 bits per heavy atom. The third kappa shape index (κ3) is 3.69. The average molecular weight is 699 g/mol. The Balaban J connectivity index is 1.01. The summed E-state index contributed by atoms with van der Waals surface area (Å²) < 4.78 is 13.2. The van der Waals surface area contributed by atoms with E-state index in [4.69, 9.17) is 9.15 Å². The van der Waals surface area contributed by atoms with Gasteiger partial charge in [-0.1, -0.05) is 152 Å². The van der Waals surface area contributed by atoms with Crippen LogP contribution in [0, 0.1) is 0 Å². The molecule has 3 aliphatic rings. The minimum atomic E-state index is -0.386. The van der Waals surface area contributed by atoms with Gasteiger partial charge in [-0.2, -0.15) is 0 Å². The molecule has 0 unspecified atom stereocenters. The Morgan fingerprint density at radius 1 is 0.327 bits per heavy atom. The molecule has 13 rings (SSSR count). The quantitative estimate of drug-likeness (QED) is 0.179. The van der Waals surface area contributed by atoms with E-state index in [1.807, 2.05) is 12.1 Å². The van der Waals surface area contributed by atoms with Crippen LogP contribution in [0.25, 0.3) is 88.3 Å². The lowest BCUT2D eigenvalue weighted by Gasteiger charge is -2.30. The molecule has 55 heavy (non-hydrogen) atoms. The van der Waals surface area contributed by atoms with E-state index in [1.54, 1.807) is 0 Å². The van der Waals surface area contributed by atoms with Gasteiger partial charge in [0.25, 0.3) is 0 Å². The highest BCUT2D eigenvalue weighted by Crippen LogP contribution is 2.63. The minimum absolute atomic E-state index is 0.386. The Hall–Kier alpha value is -7.16. The number of ether oxygens (including phenoxy) is 1. The standard InChI is InChI=1S/C53H30O2/c1-5-19-44-35(11-1)36-12-2-6-20-45(36)53(44)46-21-7-3-13-37(46)38-25-23-32(30-47(38)53)33-26-28-50-51-40(33)16-10-17-41(51)43-29-31(24-27-49(43)54-50)34-15-9-18-42-39-14-4-8-22-48(39)55-52(34)42/h1-30H. The molecule has 1 aromatic heterocycles. The van der Waals surface area contributed by atoms with Crippen molar-refractivity contribution >= 4 is 32.7 Å². The predicted molar refractivity (Wildman–Crippen MR) is 224 cm³/mol. The zero-order valence-electron chi connectivity index (χ0n) is 29.6. The fraction of sp³-hybridized carbons (Fsp3) is 0.0189. The first kappa shape index (κ1) is 29.3. The van der Waals surface area contributed by atoms with Gasteiger partial charge < -0.3 is 9.15 Å². The van der Waals surface area contributed by atoms with E-state index in [1.165, 1.54) is 66.6 Å². The molecule has 0 N–H and O–H groups in total. The van der Waals surface area contributed by atoms with Gasteiger partial charge in [0.2, 0.25) is 0 Å². The van der Waals surface area contributed by atoms with E-state index in [0.717, 1.165) is 55.5 Å². The van der Waals surface area contributed by atoms with Gasteiger partial charge in [0.15, 0.2) is 0 Å². The van der Waals surface area contributed by atoms with Crippen molar-refractivity contribution in [1.82, 2.24) is 0 Å². The molecule has 0 bridgehead atoms. The van der Waals surface area contributed by atoms with Crippen molar-refractivity contribution in [3.63, 3.8) is 0 Å². The minimum Gasteiger partial charge on any atom is -0.456 e. The van der Waals surface area contributed by atoms with Crippen LogP contribution in [0.1, 0.15) is 22.3 Å². The number of furan rings is 1. The summed E-state index contributed by atoms with van der Waals surface area (Å²) >= 11 is 0. The molecule has 10 aromatic rings. The maximum absolute atomic E-state index is 6.71. The molecule has 2 aliphatic carbocycles. The molecule has 1 spiro atoms. The summed E-state index contributed by atoms with van der Waals surface area (Å²) in [4.78, 5) is 0. The van der Waals surface area contributed by atoms with Gasteiger partial charge in [0.05, 0.1) is 5.41 Å². The molecule has 0 atom stereocenters. The van der Waals surface area contributed by atoms with E-state index in [-0.39, 0.29) is 5.41 Å². The van der Waals surface area contributed by atoms with E-state index in [9.17, 15) is 0 Å². The molecular formula is C53H30O2. The van der Waals surface area contributed by atoms with E-state index in [2.05, 4.69) is 170 Å². The zero-order valence-corrected chi connectivity index (χ0v) is 29.6. The zero-order chi connectivity index (χ0) is 35.8. The second-order valence-electron chi connectivity index (χ2n) is 15.1. The van der Waals surface area contributed by atoms with Crippen LogP contribution >= 0.6 is 0 Å². The van der Waals surface area contributed by atoms with Gasteiger partial charge in [0.1, 0.15) is 22.7 Å².